The van der Waals surface area contributed by atoms with Crippen molar-refractivity contribution in [1.29, 1.82) is 0 Å². The number of carbonyl (C=O) groups excluding carboxylic acids is 1. The van der Waals surface area contributed by atoms with Crippen LogP contribution in [0, 0.1) is 13.8 Å². The van der Waals surface area contributed by atoms with Gasteiger partial charge < -0.3 is 10.1 Å². The molecule has 1 atom stereocenters. The second-order valence-electron chi connectivity index (χ2n) is 6.75. The topological polar surface area (TPSA) is 56.1 Å². The zero-order valence-electron chi connectivity index (χ0n) is 16.6. The van der Waals surface area contributed by atoms with E-state index in [0.717, 1.165) is 22.2 Å². The Labute approximate surface area is 170 Å². The molecule has 28 heavy (non-hydrogen) atoms. The normalized spacial score (nSPS) is 11.9. The van der Waals surface area contributed by atoms with Gasteiger partial charge >= 0.3 is 0 Å². The van der Waals surface area contributed by atoms with E-state index >= 15 is 0 Å². The number of aryl methyl sites for hydroxylation is 2. The van der Waals surface area contributed by atoms with Crippen molar-refractivity contribution in [3.05, 3.63) is 71.5 Å². The zero-order chi connectivity index (χ0) is 20.1. The molecule has 6 heteroatoms. The van der Waals surface area contributed by atoms with Crippen molar-refractivity contribution < 1.29 is 9.53 Å². The summed E-state index contributed by atoms with van der Waals surface area (Å²) in [5.41, 5.74) is 4.41. The van der Waals surface area contributed by atoms with E-state index < -0.39 is 0 Å². The van der Waals surface area contributed by atoms with Gasteiger partial charge in [-0.25, -0.2) is 4.98 Å². The molecule has 0 saturated heterocycles. The minimum absolute atomic E-state index is 0.0432. The number of nitrogens with one attached hydrogen (secondary N) is 1. The standard InChI is InChI=1S/C22H25N3O2S/c1-15-11-16(2)13-18(12-15)25-10-9-23-22(25)28-14-21(26)24-17(3)19-7-5-6-8-20(19)27-4/h5-13,17H,14H2,1-4H3,(H,24,26)/t17-/m1/s1. The van der Waals surface area contributed by atoms with E-state index in [4.69, 9.17) is 4.74 Å². The molecule has 1 aromatic heterocycles. The lowest BCUT2D eigenvalue weighted by molar-refractivity contribution is -0.119. The molecule has 3 rings (SSSR count). The Morgan fingerprint density at radius 1 is 1.21 bits per heavy atom. The number of hydrogen-bond acceptors (Lipinski definition) is 4. The zero-order valence-corrected chi connectivity index (χ0v) is 17.4. The Morgan fingerprint density at radius 2 is 1.93 bits per heavy atom. The SMILES string of the molecule is COc1ccccc1[C@@H](C)NC(=O)CSc1nccn1-c1cc(C)cc(C)c1. The number of para-hydroxylation sites is 1. The molecule has 0 aliphatic heterocycles. The number of amides is 1. The third-order valence-corrected chi connectivity index (χ3v) is 5.37. The summed E-state index contributed by atoms with van der Waals surface area (Å²) in [6, 6.07) is 13.9. The Balaban J connectivity index is 1.65. The fourth-order valence-corrected chi connectivity index (χ4v) is 3.98. The Hall–Kier alpha value is -2.73. The van der Waals surface area contributed by atoms with Crippen molar-refractivity contribution >= 4 is 17.7 Å². The van der Waals surface area contributed by atoms with E-state index in [-0.39, 0.29) is 11.9 Å². The Bertz CT molecular complexity index is 948. The second-order valence-corrected chi connectivity index (χ2v) is 7.69. The van der Waals surface area contributed by atoms with Crippen LogP contribution in [0.3, 0.4) is 0 Å². The molecular formula is C22H25N3O2S. The Morgan fingerprint density at radius 3 is 2.64 bits per heavy atom. The van der Waals surface area contributed by atoms with Crippen LogP contribution in [0.5, 0.6) is 5.75 Å². The maximum Gasteiger partial charge on any atom is 0.230 e. The molecule has 0 fully saturated rings. The van der Waals surface area contributed by atoms with Crippen LogP contribution in [-0.4, -0.2) is 28.3 Å². The van der Waals surface area contributed by atoms with Gasteiger partial charge in [-0.2, -0.15) is 0 Å². The van der Waals surface area contributed by atoms with E-state index in [1.165, 1.54) is 22.9 Å². The van der Waals surface area contributed by atoms with Crippen LogP contribution in [0.1, 0.15) is 29.7 Å². The third kappa shape index (κ3) is 4.75. The monoisotopic (exact) mass is 395 g/mol. The molecule has 0 spiro atoms. The highest BCUT2D eigenvalue weighted by molar-refractivity contribution is 7.99. The lowest BCUT2D eigenvalue weighted by atomic mass is 10.1. The summed E-state index contributed by atoms with van der Waals surface area (Å²) in [7, 11) is 1.63. The maximum absolute atomic E-state index is 12.5. The van der Waals surface area contributed by atoms with Crippen LogP contribution in [-0.2, 0) is 4.79 Å². The van der Waals surface area contributed by atoms with Crippen molar-refractivity contribution in [2.75, 3.05) is 12.9 Å². The first-order valence-corrected chi connectivity index (χ1v) is 10.1. The van der Waals surface area contributed by atoms with Crippen molar-refractivity contribution in [3.63, 3.8) is 0 Å². The van der Waals surface area contributed by atoms with Crippen LogP contribution < -0.4 is 10.1 Å². The number of ether oxygens (including phenoxy) is 1. The van der Waals surface area contributed by atoms with Crippen molar-refractivity contribution in [3.8, 4) is 11.4 Å². The van der Waals surface area contributed by atoms with E-state index in [1.807, 2.05) is 42.0 Å². The summed E-state index contributed by atoms with van der Waals surface area (Å²) in [6.45, 7) is 6.11. The first kappa shape index (κ1) is 20.0. The first-order valence-electron chi connectivity index (χ1n) is 9.15. The van der Waals surface area contributed by atoms with Gasteiger partial charge in [-0.3, -0.25) is 9.36 Å². The van der Waals surface area contributed by atoms with E-state index in [1.54, 1.807) is 13.3 Å². The number of benzene rings is 2. The number of aromatic nitrogens is 2. The average molecular weight is 396 g/mol. The van der Waals surface area contributed by atoms with Gasteiger partial charge in [0.15, 0.2) is 5.16 Å². The molecule has 3 aromatic rings. The van der Waals surface area contributed by atoms with Crippen molar-refractivity contribution in [2.24, 2.45) is 0 Å². The summed E-state index contributed by atoms with van der Waals surface area (Å²) >= 11 is 1.42. The number of hydrogen-bond donors (Lipinski definition) is 1. The first-order chi connectivity index (χ1) is 13.5. The van der Waals surface area contributed by atoms with Gasteiger partial charge in [0.1, 0.15) is 5.75 Å². The van der Waals surface area contributed by atoms with Crippen LogP contribution >= 0.6 is 11.8 Å². The molecule has 1 heterocycles. The lowest BCUT2D eigenvalue weighted by Gasteiger charge is -2.17. The predicted octanol–water partition coefficient (Wildman–Crippen LogP) is 4.47. The maximum atomic E-state index is 12.5. The minimum atomic E-state index is -0.136. The molecule has 2 aromatic carbocycles. The fraction of sp³-hybridized carbons (Fsp3) is 0.273. The van der Waals surface area contributed by atoms with Gasteiger partial charge in [0.05, 0.1) is 18.9 Å². The molecular weight excluding hydrogens is 370 g/mol. The number of rotatable bonds is 7. The summed E-state index contributed by atoms with van der Waals surface area (Å²) < 4.78 is 7.40. The number of methoxy groups -OCH3 is 1. The highest BCUT2D eigenvalue weighted by Crippen LogP contribution is 2.25. The molecule has 0 aliphatic carbocycles. The molecule has 0 aliphatic rings. The van der Waals surface area contributed by atoms with Crippen LogP contribution in [0.25, 0.3) is 5.69 Å². The van der Waals surface area contributed by atoms with Gasteiger partial charge in [0.2, 0.25) is 5.91 Å². The number of imidazole rings is 1. The molecule has 0 bridgehead atoms. The molecule has 5 nitrogen and oxygen atoms in total. The second kappa shape index (κ2) is 8.97. The average Bonchev–Trinajstić information content (AvgIpc) is 3.14. The van der Waals surface area contributed by atoms with E-state index in [0.29, 0.717) is 5.75 Å². The fourth-order valence-electron chi connectivity index (χ4n) is 3.20. The number of nitrogens with zero attached hydrogens (tertiary/aromatic N) is 2. The quantitative estimate of drug-likeness (QED) is 0.600. The molecule has 0 saturated carbocycles. The van der Waals surface area contributed by atoms with Gasteiger partial charge in [0, 0.05) is 23.6 Å². The van der Waals surface area contributed by atoms with E-state index in [9.17, 15) is 4.79 Å². The number of carbonyl (C=O) groups is 1. The summed E-state index contributed by atoms with van der Waals surface area (Å²) in [4.78, 5) is 16.9. The highest BCUT2D eigenvalue weighted by atomic mass is 32.2. The molecule has 146 valence electrons. The van der Waals surface area contributed by atoms with Crippen LogP contribution in [0.15, 0.2) is 60.0 Å². The van der Waals surface area contributed by atoms with Gasteiger partial charge in [0.25, 0.3) is 0 Å². The lowest BCUT2D eigenvalue weighted by Crippen LogP contribution is -2.28. The summed E-state index contributed by atoms with van der Waals surface area (Å²) in [5, 5.41) is 3.83. The van der Waals surface area contributed by atoms with Crippen molar-refractivity contribution in [1.82, 2.24) is 14.9 Å². The predicted molar refractivity (Wildman–Crippen MR) is 113 cm³/mol. The summed E-state index contributed by atoms with van der Waals surface area (Å²) in [5.74, 6) is 1.02. The third-order valence-electron chi connectivity index (χ3n) is 4.41. The molecule has 0 unspecified atom stereocenters. The van der Waals surface area contributed by atoms with E-state index in [2.05, 4.69) is 42.3 Å². The van der Waals surface area contributed by atoms with Crippen molar-refractivity contribution in [2.45, 2.75) is 32.0 Å². The van der Waals surface area contributed by atoms with Crippen LogP contribution in [0.4, 0.5) is 0 Å². The van der Waals surface area contributed by atoms with Gasteiger partial charge in [-0.1, -0.05) is 36.0 Å². The summed E-state index contributed by atoms with van der Waals surface area (Å²) in [6.07, 6.45) is 3.68. The smallest absolute Gasteiger partial charge is 0.230 e. The van der Waals surface area contributed by atoms with Gasteiger partial charge in [-0.15, -0.1) is 0 Å². The highest BCUT2D eigenvalue weighted by Gasteiger charge is 2.15. The van der Waals surface area contributed by atoms with Crippen LogP contribution in [0.2, 0.25) is 0 Å². The number of thioether (sulfide) groups is 1. The van der Waals surface area contributed by atoms with Gasteiger partial charge in [-0.05, 0) is 50.1 Å². The molecule has 1 amide bonds. The molecule has 1 N–H and O–H groups in total. The minimum Gasteiger partial charge on any atom is -0.496 e. The Kier molecular flexibility index (Phi) is 6.41. The molecule has 0 radical (unpaired) electrons. The largest absolute Gasteiger partial charge is 0.496 e.